The molecule has 0 fully saturated rings. The lowest BCUT2D eigenvalue weighted by Crippen LogP contribution is -2.29. The van der Waals surface area contributed by atoms with Crippen molar-refractivity contribution in [2.75, 3.05) is 11.4 Å². The van der Waals surface area contributed by atoms with E-state index in [1.54, 1.807) is 34.6 Å². The third-order valence-electron chi connectivity index (χ3n) is 4.95. The Morgan fingerprint density at radius 2 is 1.89 bits per heavy atom. The predicted molar refractivity (Wildman–Crippen MR) is 107 cm³/mol. The molecule has 3 heterocycles. The highest BCUT2D eigenvalue weighted by molar-refractivity contribution is 7.22. The third-order valence-corrected chi connectivity index (χ3v) is 6.10. The van der Waals surface area contributed by atoms with E-state index >= 15 is 0 Å². The van der Waals surface area contributed by atoms with Crippen LogP contribution in [0.4, 0.5) is 10.1 Å². The average molecular weight is 374 g/mol. The summed E-state index contributed by atoms with van der Waals surface area (Å²) in [5.74, 6) is -0.813. The summed E-state index contributed by atoms with van der Waals surface area (Å²) >= 11 is 1.72. The average Bonchev–Trinajstić information content (AvgIpc) is 3.32. The van der Waals surface area contributed by atoms with Crippen LogP contribution >= 0.6 is 11.3 Å². The van der Waals surface area contributed by atoms with Gasteiger partial charge < -0.3 is 4.90 Å². The van der Waals surface area contributed by atoms with E-state index in [2.05, 4.69) is 23.2 Å². The molecule has 2 aromatic heterocycles. The summed E-state index contributed by atoms with van der Waals surface area (Å²) in [7, 11) is 0. The normalized spacial score (nSPS) is 13.1. The maximum absolute atomic E-state index is 14.1. The van der Waals surface area contributed by atoms with Crippen molar-refractivity contribution in [2.24, 2.45) is 0 Å². The number of nitrogens with zero attached hydrogens (tertiary/aromatic N) is 2. The number of hydrogen-bond donors (Lipinski definition) is 0. The summed E-state index contributed by atoms with van der Waals surface area (Å²) in [5.41, 5.74) is 3.02. The fourth-order valence-corrected chi connectivity index (χ4v) is 4.73. The zero-order valence-electron chi connectivity index (χ0n) is 14.4. The molecule has 1 aliphatic heterocycles. The van der Waals surface area contributed by atoms with Crippen LogP contribution in [0.1, 0.15) is 15.9 Å². The van der Waals surface area contributed by atoms with E-state index in [-0.39, 0.29) is 11.5 Å². The second-order valence-electron chi connectivity index (χ2n) is 6.52. The molecule has 5 rings (SSSR count). The van der Waals surface area contributed by atoms with Crippen LogP contribution in [0.25, 0.3) is 20.5 Å². The van der Waals surface area contributed by atoms with Crippen molar-refractivity contribution in [3.05, 3.63) is 83.9 Å². The van der Waals surface area contributed by atoms with E-state index in [0.29, 0.717) is 6.54 Å². The molecule has 132 valence electrons. The van der Waals surface area contributed by atoms with Gasteiger partial charge in [0, 0.05) is 27.9 Å². The van der Waals surface area contributed by atoms with Crippen molar-refractivity contribution in [1.82, 2.24) is 4.98 Å². The minimum atomic E-state index is -0.496. The Labute approximate surface area is 159 Å². The van der Waals surface area contributed by atoms with Crippen molar-refractivity contribution in [2.45, 2.75) is 6.42 Å². The summed E-state index contributed by atoms with van der Waals surface area (Å²) in [5, 5.41) is 1.20. The first-order chi connectivity index (χ1) is 13.2. The first kappa shape index (κ1) is 16.1. The molecule has 27 heavy (non-hydrogen) atoms. The standard InChI is InChI=1S/C22H15FN2OS/c23-18-7-3-2-6-16(18)22(26)25-10-9-15-17(12-24-13-19(15)25)21-11-14-5-1-4-8-20(14)27-21/h1-8,11-13H,9-10H2. The number of carbonyl (C=O) groups excluding carboxylic acids is 1. The highest BCUT2D eigenvalue weighted by Gasteiger charge is 2.29. The van der Waals surface area contributed by atoms with E-state index < -0.39 is 5.82 Å². The van der Waals surface area contributed by atoms with Crippen molar-refractivity contribution < 1.29 is 9.18 Å². The van der Waals surface area contributed by atoms with Gasteiger partial charge in [-0.3, -0.25) is 9.78 Å². The molecule has 0 atom stereocenters. The van der Waals surface area contributed by atoms with Crippen LogP contribution in [0.2, 0.25) is 0 Å². The quantitative estimate of drug-likeness (QED) is 0.477. The lowest BCUT2D eigenvalue weighted by atomic mass is 10.1. The van der Waals surface area contributed by atoms with Gasteiger partial charge in [-0.2, -0.15) is 0 Å². The number of rotatable bonds is 2. The van der Waals surface area contributed by atoms with Crippen molar-refractivity contribution in [1.29, 1.82) is 0 Å². The number of anilines is 1. The molecule has 1 aliphatic rings. The van der Waals surface area contributed by atoms with Gasteiger partial charge in [0.2, 0.25) is 0 Å². The molecule has 5 heteroatoms. The fourth-order valence-electron chi connectivity index (χ4n) is 3.63. The predicted octanol–water partition coefficient (Wildman–Crippen LogP) is 5.31. The van der Waals surface area contributed by atoms with Gasteiger partial charge in [0.25, 0.3) is 5.91 Å². The first-order valence-corrected chi connectivity index (χ1v) is 9.56. The second kappa shape index (κ2) is 6.28. The highest BCUT2D eigenvalue weighted by atomic mass is 32.1. The monoisotopic (exact) mass is 374 g/mol. The van der Waals surface area contributed by atoms with Crippen LogP contribution in [0.15, 0.2) is 67.0 Å². The Kier molecular flexibility index (Phi) is 3.76. The Morgan fingerprint density at radius 3 is 2.74 bits per heavy atom. The largest absolute Gasteiger partial charge is 0.306 e. The molecule has 0 N–H and O–H groups in total. The summed E-state index contributed by atoms with van der Waals surface area (Å²) in [4.78, 5) is 20.0. The molecular weight excluding hydrogens is 359 g/mol. The van der Waals surface area contributed by atoms with Gasteiger partial charge in [-0.1, -0.05) is 30.3 Å². The van der Waals surface area contributed by atoms with Crippen LogP contribution in [0.5, 0.6) is 0 Å². The number of thiophene rings is 1. The lowest BCUT2D eigenvalue weighted by Gasteiger charge is -2.17. The molecule has 3 nitrogen and oxygen atoms in total. The molecule has 0 saturated carbocycles. The first-order valence-electron chi connectivity index (χ1n) is 8.74. The van der Waals surface area contributed by atoms with Crippen LogP contribution in [0.3, 0.4) is 0 Å². The van der Waals surface area contributed by atoms with Crippen LogP contribution in [0, 0.1) is 5.82 Å². The second-order valence-corrected chi connectivity index (χ2v) is 7.60. The minimum Gasteiger partial charge on any atom is -0.306 e. The van der Waals surface area contributed by atoms with E-state index in [1.165, 1.54) is 22.2 Å². The maximum Gasteiger partial charge on any atom is 0.261 e. The zero-order chi connectivity index (χ0) is 18.4. The van der Waals surface area contributed by atoms with Gasteiger partial charge in [0.15, 0.2) is 0 Å². The summed E-state index contributed by atoms with van der Waals surface area (Å²) in [6.45, 7) is 0.534. The third kappa shape index (κ3) is 2.62. The molecule has 4 aromatic rings. The number of halogens is 1. The van der Waals surface area contributed by atoms with E-state index in [1.807, 2.05) is 18.3 Å². The molecule has 0 spiro atoms. The van der Waals surface area contributed by atoms with E-state index in [9.17, 15) is 9.18 Å². The molecular formula is C22H15FN2OS. The number of benzene rings is 2. The summed E-state index contributed by atoms with van der Waals surface area (Å²) in [6.07, 6.45) is 4.31. The Morgan fingerprint density at radius 1 is 1.07 bits per heavy atom. The van der Waals surface area contributed by atoms with Crippen LogP contribution in [-0.4, -0.2) is 17.4 Å². The summed E-state index contributed by atoms with van der Waals surface area (Å²) in [6, 6.07) is 16.5. The fraction of sp³-hybridized carbons (Fsp3) is 0.0909. The molecule has 0 saturated heterocycles. The van der Waals surface area contributed by atoms with Crippen LogP contribution < -0.4 is 4.90 Å². The Bertz CT molecular complexity index is 1150. The van der Waals surface area contributed by atoms with Crippen molar-refractivity contribution in [3.8, 4) is 10.4 Å². The molecule has 0 radical (unpaired) electrons. The van der Waals surface area contributed by atoms with Gasteiger partial charge in [0.05, 0.1) is 17.4 Å². The van der Waals surface area contributed by atoms with Crippen molar-refractivity contribution in [3.63, 3.8) is 0 Å². The van der Waals surface area contributed by atoms with Gasteiger partial charge in [-0.25, -0.2) is 4.39 Å². The van der Waals surface area contributed by atoms with Crippen molar-refractivity contribution >= 4 is 33.0 Å². The van der Waals surface area contributed by atoms with Gasteiger partial charge >= 0.3 is 0 Å². The van der Waals surface area contributed by atoms with Gasteiger partial charge in [0.1, 0.15) is 5.82 Å². The molecule has 1 amide bonds. The number of amides is 1. The summed E-state index contributed by atoms with van der Waals surface area (Å²) < 4.78 is 15.3. The van der Waals surface area contributed by atoms with E-state index in [4.69, 9.17) is 0 Å². The van der Waals surface area contributed by atoms with Gasteiger partial charge in [-0.15, -0.1) is 11.3 Å². The zero-order valence-corrected chi connectivity index (χ0v) is 15.2. The lowest BCUT2D eigenvalue weighted by molar-refractivity contribution is 0.0985. The maximum atomic E-state index is 14.1. The Balaban J connectivity index is 1.58. The SMILES string of the molecule is O=C(c1ccccc1F)N1CCc2c(-c3cc4ccccc4s3)cncc21. The topological polar surface area (TPSA) is 33.2 Å². The van der Waals surface area contributed by atoms with E-state index in [0.717, 1.165) is 28.1 Å². The van der Waals surface area contributed by atoms with Gasteiger partial charge in [-0.05, 0) is 41.6 Å². The number of hydrogen-bond acceptors (Lipinski definition) is 3. The molecule has 0 unspecified atom stereocenters. The number of carbonyl (C=O) groups is 1. The molecule has 2 aromatic carbocycles. The van der Waals surface area contributed by atoms with Crippen LogP contribution in [-0.2, 0) is 6.42 Å². The smallest absolute Gasteiger partial charge is 0.261 e. The Hall–Kier alpha value is -3.05. The molecule has 0 bridgehead atoms. The highest BCUT2D eigenvalue weighted by Crippen LogP contribution is 2.40. The number of fused-ring (bicyclic) bond motifs is 2. The number of aromatic nitrogens is 1. The molecule has 0 aliphatic carbocycles. The minimum absolute atomic E-state index is 0.0950. The number of pyridine rings is 1.